The summed E-state index contributed by atoms with van der Waals surface area (Å²) in [6, 6.07) is 0. The summed E-state index contributed by atoms with van der Waals surface area (Å²) in [6.07, 6.45) is 6.75. The van der Waals surface area contributed by atoms with Gasteiger partial charge in [-0.1, -0.05) is 0 Å². The van der Waals surface area contributed by atoms with Gasteiger partial charge in [-0.2, -0.15) is 5.10 Å². The van der Waals surface area contributed by atoms with Gasteiger partial charge in [-0.25, -0.2) is 0 Å². The molecule has 84 valence electrons. The lowest BCUT2D eigenvalue weighted by Gasteiger charge is -2.22. The molecule has 0 saturated carbocycles. The zero-order valence-corrected chi connectivity index (χ0v) is 9.25. The van der Waals surface area contributed by atoms with Crippen LogP contribution in [0.5, 0.6) is 0 Å². The van der Waals surface area contributed by atoms with Gasteiger partial charge in [-0.3, -0.25) is 5.10 Å². The molecule has 1 atom stereocenters. The Morgan fingerprint density at radius 3 is 3.27 bits per heavy atom. The van der Waals surface area contributed by atoms with Crippen LogP contribution in [0.1, 0.15) is 36.6 Å². The lowest BCUT2D eigenvalue weighted by Crippen LogP contribution is -2.15. The number of hydrogen-bond acceptors (Lipinski definition) is 3. The van der Waals surface area contributed by atoms with Crippen molar-refractivity contribution in [1.29, 1.82) is 0 Å². The molecule has 1 aliphatic rings. The lowest BCUT2D eigenvalue weighted by atomic mass is 10.0. The predicted molar refractivity (Wildman–Crippen MR) is 58.8 cm³/mol. The number of nitrogens with zero attached hydrogens (tertiary/aromatic N) is 1. The van der Waals surface area contributed by atoms with E-state index in [-0.39, 0.29) is 6.10 Å². The molecule has 0 amide bonds. The Bertz CT molecular complexity index is 292. The third-order valence-corrected chi connectivity index (χ3v) is 2.90. The van der Waals surface area contributed by atoms with Gasteiger partial charge in [-0.15, -0.1) is 0 Å². The molecule has 15 heavy (non-hydrogen) atoms. The first-order valence-electron chi connectivity index (χ1n) is 5.70. The summed E-state index contributed by atoms with van der Waals surface area (Å²) in [7, 11) is 1.97. The molecule has 0 aromatic carbocycles. The van der Waals surface area contributed by atoms with Crippen LogP contribution >= 0.6 is 0 Å². The van der Waals surface area contributed by atoms with E-state index in [9.17, 15) is 0 Å². The molecule has 1 fully saturated rings. The number of hydrogen-bond donors (Lipinski definition) is 2. The van der Waals surface area contributed by atoms with Crippen LogP contribution in [0, 0.1) is 0 Å². The van der Waals surface area contributed by atoms with E-state index in [1.54, 1.807) is 0 Å². The molecule has 2 heterocycles. The number of ether oxygens (including phenoxy) is 1. The minimum absolute atomic E-state index is 0.244. The lowest BCUT2D eigenvalue weighted by molar-refractivity contribution is 0.0118. The van der Waals surface area contributed by atoms with Crippen LogP contribution < -0.4 is 5.32 Å². The first kappa shape index (κ1) is 10.6. The molecule has 1 unspecified atom stereocenters. The van der Waals surface area contributed by atoms with Gasteiger partial charge in [0.05, 0.1) is 18.0 Å². The molecule has 1 saturated heterocycles. The van der Waals surface area contributed by atoms with Gasteiger partial charge in [0.2, 0.25) is 0 Å². The van der Waals surface area contributed by atoms with Crippen LogP contribution in [0.4, 0.5) is 0 Å². The topological polar surface area (TPSA) is 49.9 Å². The smallest absolute Gasteiger partial charge is 0.0991 e. The van der Waals surface area contributed by atoms with Gasteiger partial charge in [0, 0.05) is 6.61 Å². The highest BCUT2D eigenvalue weighted by Crippen LogP contribution is 2.28. The van der Waals surface area contributed by atoms with Gasteiger partial charge >= 0.3 is 0 Å². The van der Waals surface area contributed by atoms with Gasteiger partial charge in [0.1, 0.15) is 0 Å². The summed E-state index contributed by atoms with van der Waals surface area (Å²) in [4.78, 5) is 0. The SMILES string of the molecule is CNCCc1cn[nH]c1C1CCCCO1. The molecule has 0 radical (unpaired) electrons. The molecule has 4 heteroatoms. The number of likely N-dealkylation sites (N-methyl/N-ethyl adjacent to an activating group) is 1. The molecule has 2 N–H and O–H groups in total. The summed E-state index contributed by atoms with van der Waals surface area (Å²) >= 11 is 0. The summed E-state index contributed by atoms with van der Waals surface area (Å²) in [6.45, 7) is 1.87. The standard InChI is InChI=1S/C11H19N3O/c1-12-6-5-9-8-13-14-11(9)10-4-2-3-7-15-10/h8,10,12H,2-7H2,1H3,(H,13,14). The normalized spacial score (nSPS) is 21.8. The third-order valence-electron chi connectivity index (χ3n) is 2.90. The molecule has 0 aliphatic carbocycles. The predicted octanol–water partition coefficient (Wildman–Crippen LogP) is 1.41. The fourth-order valence-electron chi connectivity index (χ4n) is 2.03. The van der Waals surface area contributed by atoms with Crippen molar-refractivity contribution in [1.82, 2.24) is 15.5 Å². The number of aromatic amines is 1. The zero-order chi connectivity index (χ0) is 10.5. The number of H-pyrrole nitrogens is 1. The van der Waals surface area contributed by atoms with Crippen molar-refractivity contribution >= 4 is 0 Å². The van der Waals surface area contributed by atoms with Gasteiger partial charge in [-0.05, 0) is 44.8 Å². The number of nitrogens with one attached hydrogen (secondary N) is 2. The van der Waals surface area contributed by atoms with Crippen LogP contribution in [0.15, 0.2) is 6.20 Å². The van der Waals surface area contributed by atoms with E-state index in [1.165, 1.54) is 24.1 Å². The van der Waals surface area contributed by atoms with E-state index in [1.807, 2.05) is 13.2 Å². The summed E-state index contributed by atoms with van der Waals surface area (Å²) in [5.41, 5.74) is 2.47. The average Bonchev–Trinajstić information content (AvgIpc) is 2.75. The molecule has 1 aromatic heterocycles. The second kappa shape index (κ2) is 5.28. The van der Waals surface area contributed by atoms with Gasteiger partial charge in [0.25, 0.3) is 0 Å². The minimum atomic E-state index is 0.244. The molecule has 1 aliphatic heterocycles. The Balaban J connectivity index is 2.02. The zero-order valence-electron chi connectivity index (χ0n) is 9.25. The van der Waals surface area contributed by atoms with E-state index >= 15 is 0 Å². The second-order valence-electron chi connectivity index (χ2n) is 4.02. The largest absolute Gasteiger partial charge is 0.372 e. The van der Waals surface area contributed by atoms with Crippen LogP contribution in [-0.4, -0.2) is 30.4 Å². The quantitative estimate of drug-likeness (QED) is 0.788. The van der Waals surface area contributed by atoms with E-state index in [0.717, 1.165) is 26.0 Å². The highest BCUT2D eigenvalue weighted by Gasteiger charge is 2.20. The van der Waals surface area contributed by atoms with Crippen molar-refractivity contribution in [2.75, 3.05) is 20.2 Å². The third kappa shape index (κ3) is 2.58. The Kier molecular flexibility index (Phi) is 3.75. The summed E-state index contributed by atoms with van der Waals surface area (Å²) < 4.78 is 5.75. The van der Waals surface area contributed by atoms with Gasteiger partial charge in [0.15, 0.2) is 0 Å². The van der Waals surface area contributed by atoms with E-state index in [2.05, 4.69) is 15.5 Å². The Hall–Kier alpha value is -0.870. The van der Waals surface area contributed by atoms with Crippen molar-refractivity contribution < 1.29 is 4.74 Å². The second-order valence-corrected chi connectivity index (χ2v) is 4.02. The maximum absolute atomic E-state index is 5.75. The first-order valence-corrected chi connectivity index (χ1v) is 5.70. The Morgan fingerprint density at radius 1 is 1.60 bits per heavy atom. The minimum Gasteiger partial charge on any atom is -0.372 e. The van der Waals surface area contributed by atoms with Crippen LogP contribution in [0.25, 0.3) is 0 Å². The van der Waals surface area contributed by atoms with Crippen molar-refractivity contribution in [3.05, 3.63) is 17.5 Å². The summed E-state index contributed by atoms with van der Waals surface area (Å²) in [5, 5.41) is 10.4. The van der Waals surface area contributed by atoms with Crippen LogP contribution in [0.2, 0.25) is 0 Å². The molecular weight excluding hydrogens is 190 g/mol. The molecular formula is C11H19N3O. The highest BCUT2D eigenvalue weighted by molar-refractivity contribution is 5.19. The monoisotopic (exact) mass is 209 g/mol. The summed E-state index contributed by atoms with van der Waals surface area (Å²) in [5.74, 6) is 0. The van der Waals surface area contributed by atoms with Crippen molar-refractivity contribution in [2.24, 2.45) is 0 Å². The van der Waals surface area contributed by atoms with E-state index in [0.29, 0.717) is 0 Å². The highest BCUT2D eigenvalue weighted by atomic mass is 16.5. The molecule has 4 nitrogen and oxygen atoms in total. The fourth-order valence-corrected chi connectivity index (χ4v) is 2.03. The van der Waals surface area contributed by atoms with Crippen molar-refractivity contribution in [2.45, 2.75) is 31.8 Å². The fraction of sp³-hybridized carbons (Fsp3) is 0.727. The van der Waals surface area contributed by atoms with E-state index in [4.69, 9.17) is 4.74 Å². The molecule has 0 spiro atoms. The maximum Gasteiger partial charge on any atom is 0.0991 e. The van der Waals surface area contributed by atoms with Gasteiger partial charge < -0.3 is 10.1 Å². The Morgan fingerprint density at radius 2 is 2.53 bits per heavy atom. The van der Waals surface area contributed by atoms with Crippen molar-refractivity contribution in [3.63, 3.8) is 0 Å². The van der Waals surface area contributed by atoms with E-state index < -0.39 is 0 Å². The number of rotatable bonds is 4. The van der Waals surface area contributed by atoms with Crippen molar-refractivity contribution in [3.8, 4) is 0 Å². The average molecular weight is 209 g/mol. The van der Waals surface area contributed by atoms with Crippen LogP contribution in [0.3, 0.4) is 0 Å². The first-order chi connectivity index (χ1) is 7.42. The van der Waals surface area contributed by atoms with Crippen LogP contribution in [-0.2, 0) is 11.2 Å². The maximum atomic E-state index is 5.75. The molecule has 2 rings (SSSR count). The molecule has 1 aromatic rings. The number of aromatic nitrogens is 2. The Labute approximate surface area is 90.4 Å². The molecule has 0 bridgehead atoms.